The van der Waals surface area contributed by atoms with Crippen LogP contribution in [0.1, 0.15) is 37.2 Å². The number of benzene rings is 1. The molecule has 0 aliphatic carbocycles. The van der Waals surface area contributed by atoms with Gasteiger partial charge in [-0.15, -0.1) is 0 Å². The van der Waals surface area contributed by atoms with Crippen molar-refractivity contribution in [2.24, 2.45) is 0 Å². The molecule has 1 aromatic carbocycles. The number of amides is 1. The minimum Gasteiger partial charge on any atom is -0.495 e. The number of non-ortho nitro benzene ring substituents is 1. The largest absolute Gasteiger partial charge is 0.495 e. The number of carbonyl (C=O) groups is 1. The van der Waals surface area contributed by atoms with Crippen molar-refractivity contribution in [2.75, 3.05) is 25.5 Å². The molecule has 1 amide bonds. The average Bonchev–Trinajstić information content (AvgIpc) is 2.73. The number of ether oxygens (including phenoxy) is 1. The zero-order chi connectivity index (χ0) is 21.0. The van der Waals surface area contributed by atoms with Crippen molar-refractivity contribution in [3.8, 4) is 5.75 Å². The van der Waals surface area contributed by atoms with E-state index in [1.54, 1.807) is 6.20 Å². The Kier molecular flexibility index (Phi) is 6.38. The highest BCUT2D eigenvalue weighted by molar-refractivity contribution is 5.96. The summed E-state index contributed by atoms with van der Waals surface area (Å²) in [6.07, 6.45) is 3.54. The molecule has 1 atom stereocenters. The van der Waals surface area contributed by atoms with E-state index in [9.17, 15) is 14.9 Å². The van der Waals surface area contributed by atoms with E-state index in [2.05, 4.69) is 20.2 Å². The van der Waals surface area contributed by atoms with Crippen LogP contribution >= 0.6 is 0 Å². The fourth-order valence-electron chi connectivity index (χ4n) is 3.52. The summed E-state index contributed by atoms with van der Waals surface area (Å²) in [7, 11) is 1.46. The minimum absolute atomic E-state index is 0.104. The third-order valence-corrected chi connectivity index (χ3v) is 5.29. The van der Waals surface area contributed by atoms with Crippen LogP contribution in [0, 0.1) is 17.0 Å². The maximum atomic E-state index is 12.8. The number of aryl methyl sites for hydroxylation is 1. The quantitative estimate of drug-likeness (QED) is 0.587. The predicted molar refractivity (Wildman–Crippen MR) is 108 cm³/mol. The van der Waals surface area contributed by atoms with Gasteiger partial charge in [-0.3, -0.25) is 19.8 Å². The molecule has 2 aromatic rings. The highest BCUT2D eigenvalue weighted by Crippen LogP contribution is 2.30. The summed E-state index contributed by atoms with van der Waals surface area (Å²) >= 11 is 0. The lowest BCUT2D eigenvalue weighted by Crippen LogP contribution is -2.45. The third kappa shape index (κ3) is 4.86. The van der Waals surface area contributed by atoms with E-state index < -0.39 is 4.92 Å². The van der Waals surface area contributed by atoms with Crippen molar-refractivity contribution in [1.29, 1.82) is 0 Å². The van der Waals surface area contributed by atoms with E-state index in [-0.39, 0.29) is 17.6 Å². The molecular formula is C20H25N5O4. The first-order chi connectivity index (χ1) is 13.9. The van der Waals surface area contributed by atoms with Gasteiger partial charge >= 0.3 is 0 Å². The highest BCUT2D eigenvalue weighted by Gasteiger charge is 2.29. The summed E-state index contributed by atoms with van der Waals surface area (Å²) in [5.41, 5.74) is 1.14. The van der Waals surface area contributed by atoms with Gasteiger partial charge in [0.05, 0.1) is 23.8 Å². The number of nitrogens with one attached hydrogen (secondary N) is 1. The first-order valence-corrected chi connectivity index (χ1v) is 9.56. The second-order valence-corrected chi connectivity index (χ2v) is 7.17. The van der Waals surface area contributed by atoms with Crippen LogP contribution in [0.25, 0.3) is 0 Å². The summed E-state index contributed by atoms with van der Waals surface area (Å²) in [6, 6.07) is 5.64. The maximum Gasteiger partial charge on any atom is 0.271 e. The number of likely N-dealkylation sites (tertiary alicyclic amines) is 1. The van der Waals surface area contributed by atoms with Crippen LogP contribution in [0.15, 0.2) is 30.5 Å². The van der Waals surface area contributed by atoms with Crippen LogP contribution in [0.5, 0.6) is 5.75 Å². The maximum absolute atomic E-state index is 12.8. The number of hydrogen-bond donors (Lipinski definition) is 1. The third-order valence-electron chi connectivity index (χ3n) is 5.29. The van der Waals surface area contributed by atoms with Crippen molar-refractivity contribution in [2.45, 2.75) is 38.6 Å². The molecule has 154 valence electrons. The first kappa shape index (κ1) is 20.7. The molecule has 1 saturated heterocycles. The summed E-state index contributed by atoms with van der Waals surface area (Å²) in [5, 5.41) is 13.8. The van der Waals surface area contributed by atoms with Gasteiger partial charge in [0.2, 0.25) is 5.91 Å². The van der Waals surface area contributed by atoms with Gasteiger partial charge in [0.1, 0.15) is 11.6 Å². The molecule has 1 aliphatic rings. The molecule has 0 bridgehead atoms. The number of nitrogens with zero attached hydrogens (tertiary/aromatic N) is 4. The average molecular weight is 399 g/mol. The monoisotopic (exact) mass is 399 g/mol. The van der Waals surface area contributed by atoms with Crippen LogP contribution in [0.4, 0.5) is 11.4 Å². The van der Waals surface area contributed by atoms with Crippen molar-refractivity contribution in [3.63, 3.8) is 0 Å². The van der Waals surface area contributed by atoms with Gasteiger partial charge in [-0.1, -0.05) is 0 Å². The zero-order valence-corrected chi connectivity index (χ0v) is 16.8. The minimum atomic E-state index is -0.503. The standard InChI is InChI=1S/C20H25N5O4/c1-13-6-9-21-19(22-13)15-7-10-24(11-8-15)14(2)20(26)23-17-12-16(25(27)28)4-5-18(17)29-3/h4-6,9,12,14-15H,7-8,10-11H2,1-3H3,(H,23,26). The van der Waals surface area contributed by atoms with Crippen molar-refractivity contribution in [1.82, 2.24) is 14.9 Å². The molecule has 0 saturated carbocycles. The van der Waals surface area contributed by atoms with Gasteiger partial charge < -0.3 is 10.1 Å². The lowest BCUT2D eigenvalue weighted by atomic mass is 9.95. The number of carbonyl (C=O) groups excluding carboxylic acids is 1. The number of aromatic nitrogens is 2. The van der Waals surface area contributed by atoms with E-state index >= 15 is 0 Å². The second-order valence-electron chi connectivity index (χ2n) is 7.17. The Morgan fingerprint density at radius 1 is 1.34 bits per heavy atom. The number of nitro groups is 1. The number of hydrogen-bond acceptors (Lipinski definition) is 7. The van der Waals surface area contributed by atoms with Crippen molar-refractivity contribution in [3.05, 3.63) is 52.1 Å². The highest BCUT2D eigenvalue weighted by atomic mass is 16.6. The molecule has 9 nitrogen and oxygen atoms in total. The smallest absolute Gasteiger partial charge is 0.271 e. The molecule has 1 aromatic heterocycles. The molecule has 1 unspecified atom stereocenters. The van der Waals surface area contributed by atoms with Gasteiger partial charge in [-0.25, -0.2) is 9.97 Å². The second kappa shape index (κ2) is 8.95. The summed E-state index contributed by atoms with van der Waals surface area (Å²) in [4.78, 5) is 34.3. The van der Waals surface area contributed by atoms with E-state index in [1.807, 2.05) is 19.9 Å². The van der Waals surface area contributed by atoms with Gasteiger partial charge in [0.25, 0.3) is 5.69 Å². The number of nitro benzene ring substituents is 1. The molecule has 1 aliphatic heterocycles. The number of rotatable bonds is 6. The Morgan fingerprint density at radius 3 is 2.69 bits per heavy atom. The van der Waals surface area contributed by atoms with Crippen LogP contribution in [0.2, 0.25) is 0 Å². The van der Waals surface area contributed by atoms with Gasteiger partial charge in [-0.2, -0.15) is 0 Å². The van der Waals surface area contributed by atoms with Crippen LogP contribution < -0.4 is 10.1 Å². The normalized spacial score (nSPS) is 16.2. The lowest BCUT2D eigenvalue weighted by molar-refractivity contribution is -0.384. The number of piperidine rings is 1. The fourth-order valence-corrected chi connectivity index (χ4v) is 3.52. The summed E-state index contributed by atoms with van der Waals surface area (Å²) in [6.45, 7) is 5.29. The molecule has 0 spiro atoms. The lowest BCUT2D eigenvalue weighted by Gasteiger charge is -2.34. The van der Waals surface area contributed by atoms with Crippen molar-refractivity contribution < 1.29 is 14.5 Å². The van der Waals surface area contributed by atoms with E-state index in [0.717, 1.165) is 37.4 Å². The Labute approximate surface area is 169 Å². The Balaban J connectivity index is 1.63. The van der Waals surface area contributed by atoms with Gasteiger partial charge in [0, 0.05) is 29.9 Å². The predicted octanol–water partition coefficient (Wildman–Crippen LogP) is 2.91. The van der Waals surface area contributed by atoms with Gasteiger partial charge in [0.15, 0.2) is 0 Å². The fraction of sp³-hybridized carbons (Fsp3) is 0.450. The molecule has 29 heavy (non-hydrogen) atoms. The van der Waals surface area contributed by atoms with Crippen molar-refractivity contribution >= 4 is 17.3 Å². The Morgan fingerprint density at radius 2 is 2.07 bits per heavy atom. The number of anilines is 1. The molecule has 0 radical (unpaired) electrons. The Hall–Kier alpha value is -3.07. The van der Waals surface area contributed by atoms with E-state index in [1.165, 1.54) is 25.3 Å². The molecule has 1 N–H and O–H groups in total. The topological polar surface area (TPSA) is 110 Å². The van der Waals surface area contributed by atoms with Gasteiger partial charge in [-0.05, 0) is 51.9 Å². The van der Waals surface area contributed by atoms with E-state index in [4.69, 9.17) is 4.74 Å². The molecule has 2 heterocycles. The molecule has 1 fully saturated rings. The summed E-state index contributed by atoms with van der Waals surface area (Å²) in [5.74, 6) is 1.31. The molecular weight excluding hydrogens is 374 g/mol. The first-order valence-electron chi connectivity index (χ1n) is 9.56. The number of methoxy groups -OCH3 is 1. The van der Waals surface area contributed by atoms with Crippen LogP contribution in [-0.4, -0.2) is 51.9 Å². The summed E-state index contributed by atoms with van der Waals surface area (Å²) < 4.78 is 5.21. The Bertz CT molecular complexity index is 896. The molecule has 3 rings (SSSR count). The molecule has 9 heteroatoms. The van der Waals surface area contributed by atoms with Crippen LogP contribution in [0.3, 0.4) is 0 Å². The van der Waals surface area contributed by atoms with E-state index in [0.29, 0.717) is 17.4 Å². The SMILES string of the molecule is COc1ccc([N+](=O)[O-])cc1NC(=O)C(C)N1CCC(c2nccc(C)n2)CC1. The zero-order valence-electron chi connectivity index (χ0n) is 16.8. The van der Waals surface area contributed by atoms with Crippen LogP contribution in [-0.2, 0) is 4.79 Å².